The van der Waals surface area contributed by atoms with Crippen molar-refractivity contribution in [2.24, 2.45) is 0 Å². The van der Waals surface area contributed by atoms with Crippen LogP contribution in [0.2, 0.25) is 0 Å². The lowest BCUT2D eigenvalue weighted by atomic mass is 10.0. The van der Waals surface area contributed by atoms with Crippen LogP contribution in [-0.2, 0) is 9.53 Å². The number of carbonyl (C=O) groups is 1. The average Bonchev–Trinajstić information content (AvgIpc) is 2.54. The molecule has 1 saturated heterocycles. The van der Waals surface area contributed by atoms with Gasteiger partial charge in [0.1, 0.15) is 0 Å². The highest BCUT2D eigenvalue weighted by molar-refractivity contribution is 5.81. The van der Waals surface area contributed by atoms with Crippen LogP contribution in [0.3, 0.4) is 0 Å². The van der Waals surface area contributed by atoms with E-state index >= 15 is 0 Å². The second-order valence-electron chi connectivity index (χ2n) is 6.11. The van der Waals surface area contributed by atoms with Crippen LogP contribution in [0, 0.1) is 0 Å². The van der Waals surface area contributed by atoms with Crippen molar-refractivity contribution in [2.75, 3.05) is 19.7 Å². The highest BCUT2D eigenvalue weighted by Gasteiger charge is 2.27. The van der Waals surface area contributed by atoms with Crippen LogP contribution in [0.15, 0.2) is 30.3 Å². The Morgan fingerprint density at radius 2 is 2.14 bits per heavy atom. The molecule has 4 heteroatoms. The minimum absolute atomic E-state index is 0.0969. The first-order valence-electron chi connectivity index (χ1n) is 8.32. The molecule has 3 unspecified atom stereocenters. The summed E-state index contributed by atoms with van der Waals surface area (Å²) in [5, 5.41) is 3.22. The van der Waals surface area contributed by atoms with Gasteiger partial charge in [-0.15, -0.1) is 0 Å². The Morgan fingerprint density at radius 1 is 1.41 bits per heavy atom. The monoisotopic (exact) mass is 304 g/mol. The van der Waals surface area contributed by atoms with Gasteiger partial charge in [0, 0.05) is 13.1 Å². The highest BCUT2D eigenvalue weighted by atomic mass is 16.5. The molecule has 0 aliphatic carbocycles. The molecular weight excluding hydrogens is 276 g/mol. The summed E-state index contributed by atoms with van der Waals surface area (Å²) in [6, 6.07) is 10.2. The first kappa shape index (κ1) is 17.0. The Labute approximate surface area is 133 Å². The molecule has 0 aromatic heterocycles. The zero-order valence-corrected chi connectivity index (χ0v) is 13.9. The van der Waals surface area contributed by atoms with Gasteiger partial charge >= 0.3 is 0 Å². The average molecular weight is 304 g/mol. The van der Waals surface area contributed by atoms with Gasteiger partial charge in [-0.1, -0.05) is 43.7 Å². The number of rotatable bonds is 6. The molecule has 1 aliphatic heterocycles. The zero-order valence-electron chi connectivity index (χ0n) is 13.9. The zero-order chi connectivity index (χ0) is 15.9. The molecule has 0 radical (unpaired) electrons. The molecule has 122 valence electrons. The van der Waals surface area contributed by atoms with E-state index in [2.05, 4.69) is 36.2 Å². The van der Waals surface area contributed by atoms with Gasteiger partial charge in [-0.3, -0.25) is 9.69 Å². The molecule has 0 spiro atoms. The quantitative estimate of drug-likeness (QED) is 0.878. The summed E-state index contributed by atoms with van der Waals surface area (Å²) < 4.78 is 5.55. The number of morpholine rings is 1. The lowest BCUT2D eigenvalue weighted by Crippen LogP contribution is -2.52. The minimum Gasteiger partial charge on any atom is -0.376 e. The maximum absolute atomic E-state index is 12.6. The summed E-state index contributed by atoms with van der Waals surface area (Å²) >= 11 is 0. The molecule has 1 heterocycles. The Kier molecular flexibility index (Phi) is 6.40. The number of ether oxygens (including phenoxy) is 1. The molecule has 1 fully saturated rings. The predicted octanol–water partition coefficient (Wildman–Crippen LogP) is 2.75. The molecule has 22 heavy (non-hydrogen) atoms. The van der Waals surface area contributed by atoms with E-state index in [9.17, 15) is 4.79 Å². The van der Waals surface area contributed by atoms with E-state index in [1.807, 2.05) is 25.1 Å². The van der Waals surface area contributed by atoms with Gasteiger partial charge in [0.15, 0.2) is 0 Å². The van der Waals surface area contributed by atoms with Gasteiger partial charge in [0.25, 0.3) is 0 Å². The van der Waals surface area contributed by atoms with Crippen molar-refractivity contribution in [1.82, 2.24) is 10.2 Å². The number of nitrogens with zero attached hydrogens (tertiary/aromatic N) is 1. The van der Waals surface area contributed by atoms with Gasteiger partial charge in [-0.25, -0.2) is 0 Å². The van der Waals surface area contributed by atoms with Crippen molar-refractivity contribution in [2.45, 2.75) is 51.8 Å². The van der Waals surface area contributed by atoms with Gasteiger partial charge in [-0.2, -0.15) is 0 Å². The Morgan fingerprint density at radius 3 is 2.77 bits per heavy atom. The number of hydrogen-bond acceptors (Lipinski definition) is 3. The van der Waals surface area contributed by atoms with Gasteiger partial charge in [0.05, 0.1) is 24.8 Å². The SMILES string of the molecule is CCCC(NC(=O)C(C)N1CCOC(C)C1)c1ccccc1. The van der Waals surface area contributed by atoms with Crippen molar-refractivity contribution >= 4 is 5.91 Å². The van der Waals surface area contributed by atoms with Crippen molar-refractivity contribution in [3.63, 3.8) is 0 Å². The summed E-state index contributed by atoms with van der Waals surface area (Å²) in [5.41, 5.74) is 1.18. The van der Waals surface area contributed by atoms with Crippen molar-refractivity contribution in [3.8, 4) is 0 Å². The van der Waals surface area contributed by atoms with E-state index in [0.717, 1.165) is 25.9 Å². The van der Waals surface area contributed by atoms with Gasteiger partial charge in [0.2, 0.25) is 5.91 Å². The number of benzene rings is 1. The lowest BCUT2D eigenvalue weighted by Gasteiger charge is -2.35. The van der Waals surface area contributed by atoms with Gasteiger partial charge in [-0.05, 0) is 25.8 Å². The molecule has 1 aromatic carbocycles. The fourth-order valence-electron chi connectivity index (χ4n) is 2.95. The molecule has 1 N–H and O–H groups in total. The smallest absolute Gasteiger partial charge is 0.237 e. The van der Waals surface area contributed by atoms with Crippen molar-refractivity contribution < 1.29 is 9.53 Å². The summed E-state index contributed by atoms with van der Waals surface area (Å²) in [6.07, 6.45) is 2.20. The molecule has 0 bridgehead atoms. The van der Waals surface area contributed by atoms with Crippen LogP contribution in [0.4, 0.5) is 0 Å². The third-order valence-electron chi connectivity index (χ3n) is 4.30. The molecular formula is C18H28N2O2. The topological polar surface area (TPSA) is 41.6 Å². The second-order valence-corrected chi connectivity index (χ2v) is 6.11. The third-order valence-corrected chi connectivity index (χ3v) is 4.30. The largest absolute Gasteiger partial charge is 0.376 e. The second kappa shape index (κ2) is 8.30. The lowest BCUT2D eigenvalue weighted by molar-refractivity contribution is -0.129. The minimum atomic E-state index is -0.116. The van der Waals surface area contributed by atoms with Crippen LogP contribution in [0.1, 0.15) is 45.2 Å². The van der Waals surface area contributed by atoms with E-state index in [1.54, 1.807) is 0 Å². The van der Waals surface area contributed by atoms with Crippen LogP contribution < -0.4 is 5.32 Å². The number of carbonyl (C=O) groups excluding carboxylic acids is 1. The van der Waals surface area contributed by atoms with E-state index in [-0.39, 0.29) is 24.1 Å². The first-order chi connectivity index (χ1) is 10.6. The van der Waals surface area contributed by atoms with Crippen LogP contribution in [-0.4, -0.2) is 42.6 Å². The molecule has 1 aromatic rings. The highest BCUT2D eigenvalue weighted by Crippen LogP contribution is 2.19. The summed E-state index contributed by atoms with van der Waals surface area (Å²) in [4.78, 5) is 14.8. The van der Waals surface area contributed by atoms with Crippen LogP contribution in [0.5, 0.6) is 0 Å². The Bertz CT molecular complexity index is 463. The predicted molar refractivity (Wildman–Crippen MR) is 88.7 cm³/mol. The maximum atomic E-state index is 12.6. The standard InChI is InChI=1S/C18H28N2O2/c1-4-8-17(16-9-6-5-7-10-16)19-18(21)15(3)20-11-12-22-14(2)13-20/h5-7,9-10,14-15,17H,4,8,11-13H2,1-3H3,(H,19,21). The first-order valence-corrected chi connectivity index (χ1v) is 8.32. The van der Waals surface area contributed by atoms with E-state index in [1.165, 1.54) is 5.56 Å². The van der Waals surface area contributed by atoms with Crippen LogP contribution >= 0.6 is 0 Å². The van der Waals surface area contributed by atoms with E-state index in [4.69, 9.17) is 4.74 Å². The molecule has 4 nitrogen and oxygen atoms in total. The van der Waals surface area contributed by atoms with Crippen molar-refractivity contribution in [3.05, 3.63) is 35.9 Å². The molecule has 0 saturated carbocycles. The molecule has 2 rings (SSSR count). The maximum Gasteiger partial charge on any atom is 0.237 e. The van der Waals surface area contributed by atoms with Gasteiger partial charge < -0.3 is 10.1 Å². The number of amides is 1. The Balaban J connectivity index is 1.98. The summed E-state index contributed by atoms with van der Waals surface area (Å²) in [7, 11) is 0. The molecule has 1 amide bonds. The number of nitrogens with one attached hydrogen (secondary N) is 1. The fraction of sp³-hybridized carbons (Fsp3) is 0.611. The number of hydrogen-bond donors (Lipinski definition) is 1. The van der Waals surface area contributed by atoms with E-state index < -0.39 is 0 Å². The van der Waals surface area contributed by atoms with Crippen molar-refractivity contribution in [1.29, 1.82) is 0 Å². The summed E-state index contributed by atoms with van der Waals surface area (Å²) in [5.74, 6) is 0.108. The van der Waals surface area contributed by atoms with Crippen LogP contribution in [0.25, 0.3) is 0 Å². The molecule has 1 aliphatic rings. The third kappa shape index (κ3) is 4.55. The fourth-order valence-corrected chi connectivity index (χ4v) is 2.95. The normalized spacial score (nSPS) is 22.0. The Hall–Kier alpha value is -1.39. The van der Waals surface area contributed by atoms with E-state index in [0.29, 0.717) is 6.61 Å². The summed E-state index contributed by atoms with van der Waals surface area (Å²) in [6.45, 7) is 8.54. The molecule has 3 atom stereocenters.